The van der Waals surface area contributed by atoms with Gasteiger partial charge in [0.1, 0.15) is 5.82 Å². The third kappa shape index (κ3) is 2.92. The van der Waals surface area contributed by atoms with Crippen LogP contribution in [0.3, 0.4) is 0 Å². The maximum atomic E-state index is 13.0. The van der Waals surface area contributed by atoms with Gasteiger partial charge in [-0.2, -0.15) is 5.10 Å². The van der Waals surface area contributed by atoms with Crippen LogP contribution in [0.2, 0.25) is 0 Å². The number of carbonyl (C=O) groups excluding carboxylic acids is 1. The molecule has 0 radical (unpaired) electrons. The molecule has 1 aromatic heterocycles. The zero-order valence-corrected chi connectivity index (χ0v) is 13.3. The summed E-state index contributed by atoms with van der Waals surface area (Å²) in [5, 5.41) is 17.3. The van der Waals surface area contributed by atoms with Gasteiger partial charge in [0.2, 0.25) is 0 Å². The number of nitrogens with zero attached hydrogens (tertiary/aromatic N) is 2. The summed E-state index contributed by atoms with van der Waals surface area (Å²) in [6.45, 7) is 0. The van der Waals surface area contributed by atoms with E-state index in [1.54, 1.807) is 24.4 Å². The fraction of sp³-hybridized carbons (Fsp3) is 0.158. The van der Waals surface area contributed by atoms with E-state index in [2.05, 4.69) is 10.4 Å². The third-order valence-corrected chi connectivity index (χ3v) is 4.40. The monoisotopic (exact) mass is 337 g/mol. The molecule has 1 aliphatic carbocycles. The Bertz CT molecular complexity index is 920. The Hall–Kier alpha value is -2.99. The summed E-state index contributed by atoms with van der Waals surface area (Å²) in [5.74, 6) is -0.690. The molecular weight excluding hydrogens is 321 g/mol. The van der Waals surface area contributed by atoms with Crippen molar-refractivity contribution in [2.45, 2.75) is 18.6 Å². The first-order valence-electron chi connectivity index (χ1n) is 8.00. The predicted molar refractivity (Wildman–Crippen MR) is 89.9 cm³/mol. The van der Waals surface area contributed by atoms with Crippen molar-refractivity contribution in [1.82, 2.24) is 15.1 Å². The molecular formula is C19H16FN3O2. The van der Waals surface area contributed by atoms with Crippen LogP contribution < -0.4 is 5.32 Å². The topological polar surface area (TPSA) is 67.2 Å². The number of aliphatic hydroxyl groups is 1. The highest BCUT2D eigenvalue weighted by atomic mass is 19.1. The summed E-state index contributed by atoms with van der Waals surface area (Å²) in [6, 6.07) is 14.7. The van der Waals surface area contributed by atoms with E-state index in [4.69, 9.17) is 0 Å². The Balaban J connectivity index is 1.53. The average Bonchev–Trinajstić information content (AvgIpc) is 3.21. The lowest BCUT2D eigenvalue weighted by Gasteiger charge is -2.17. The normalized spacial score (nSPS) is 18.8. The van der Waals surface area contributed by atoms with Crippen LogP contribution in [0.25, 0.3) is 5.69 Å². The molecule has 3 aromatic rings. The van der Waals surface area contributed by atoms with Gasteiger partial charge in [0.05, 0.1) is 17.8 Å². The molecule has 6 heteroatoms. The number of hydrogen-bond donors (Lipinski definition) is 2. The van der Waals surface area contributed by atoms with Gasteiger partial charge in [-0.15, -0.1) is 0 Å². The number of rotatable bonds is 3. The van der Waals surface area contributed by atoms with Crippen molar-refractivity contribution >= 4 is 5.91 Å². The third-order valence-electron chi connectivity index (χ3n) is 4.40. The molecule has 2 atom stereocenters. The second-order valence-electron chi connectivity index (χ2n) is 6.04. The van der Waals surface area contributed by atoms with Crippen LogP contribution in [0, 0.1) is 5.82 Å². The highest BCUT2D eigenvalue weighted by Crippen LogP contribution is 2.31. The first-order valence-corrected chi connectivity index (χ1v) is 8.00. The SMILES string of the molecule is O=C(N[C@H]1c2ccccc2C[C@@H]1O)c1ccn(-c2ccc(F)cc2)n1. The molecule has 4 rings (SSSR count). The minimum atomic E-state index is -0.652. The van der Waals surface area contributed by atoms with E-state index in [9.17, 15) is 14.3 Å². The number of carbonyl (C=O) groups is 1. The van der Waals surface area contributed by atoms with Crippen molar-refractivity contribution in [3.63, 3.8) is 0 Å². The molecule has 25 heavy (non-hydrogen) atoms. The summed E-state index contributed by atoms with van der Waals surface area (Å²) in [7, 11) is 0. The Labute approximate surface area is 143 Å². The second kappa shape index (κ2) is 6.14. The lowest BCUT2D eigenvalue weighted by Crippen LogP contribution is -2.34. The molecule has 2 N–H and O–H groups in total. The van der Waals surface area contributed by atoms with Crippen LogP contribution in [0.1, 0.15) is 27.7 Å². The van der Waals surface area contributed by atoms with Gasteiger partial charge in [-0.3, -0.25) is 4.79 Å². The van der Waals surface area contributed by atoms with Gasteiger partial charge in [-0.05, 0) is 41.5 Å². The first-order chi connectivity index (χ1) is 12.1. The summed E-state index contributed by atoms with van der Waals surface area (Å²) in [6.07, 6.45) is 1.51. The number of fused-ring (bicyclic) bond motifs is 1. The van der Waals surface area contributed by atoms with Crippen molar-refractivity contribution in [1.29, 1.82) is 0 Å². The van der Waals surface area contributed by atoms with E-state index in [1.165, 1.54) is 16.8 Å². The van der Waals surface area contributed by atoms with Crippen LogP contribution in [-0.2, 0) is 6.42 Å². The van der Waals surface area contributed by atoms with Crippen molar-refractivity contribution in [3.05, 3.63) is 83.4 Å². The zero-order chi connectivity index (χ0) is 17.4. The fourth-order valence-electron chi connectivity index (χ4n) is 3.15. The number of hydrogen-bond acceptors (Lipinski definition) is 3. The average molecular weight is 337 g/mol. The summed E-state index contributed by atoms with van der Waals surface area (Å²) < 4.78 is 14.5. The number of amides is 1. The maximum Gasteiger partial charge on any atom is 0.272 e. The molecule has 0 saturated carbocycles. The molecule has 0 fully saturated rings. The molecule has 1 heterocycles. The number of nitrogens with one attached hydrogen (secondary N) is 1. The van der Waals surface area contributed by atoms with Crippen molar-refractivity contribution < 1.29 is 14.3 Å². The van der Waals surface area contributed by atoms with Gasteiger partial charge in [0.15, 0.2) is 5.69 Å². The number of aromatic nitrogens is 2. The maximum absolute atomic E-state index is 13.0. The zero-order valence-electron chi connectivity index (χ0n) is 13.3. The van der Waals surface area contributed by atoms with E-state index < -0.39 is 12.1 Å². The molecule has 5 nitrogen and oxygen atoms in total. The molecule has 1 aliphatic rings. The number of benzene rings is 2. The molecule has 0 bridgehead atoms. The summed E-state index contributed by atoms with van der Waals surface area (Å²) >= 11 is 0. The second-order valence-corrected chi connectivity index (χ2v) is 6.04. The Morgan fingerprint density at radius 3 is 2.72 bits per heavy atom. The largest absolute Gasteiger partial charge is 0.390 e. The van der Waals surface area contributed by atoms with Gasteiger partial charge < -0.3 is 10.4 Å². The van der Waals surface area contributed by atoms with Gasteiger partial charge in [-0.25, -0.2) is 9.07 Å². The highest BCUT2D eigenvalue weighted by molar-refractivity contribution is 5.92. The Morgan fingerprint density at radius 2 is 1.92 bits per heavy atom. The summed E-state index contributed by atoms with van der Waals surface area (Å²) in [5.41, 5.74) is 2.87. The van der Waals surface area contributed by atoms with Crippen LogP contribution in [-0.4, -0.2) is 26.9 Å². The van der Waals surface area contributed by atoms with Crippen molar-refractivity contribution in [3.8, 4) is 5.69 Å². The molecule has 2 aromatic carbocycles. The number of halogens is 1. The fourth-order valence-corrected chi connectivity index (χ4v) is 3.15. The molecule has 0 saturated heterocycles. The van der Waals surface area contributed by atoms with Crippen LogP contribution in [0.5, 0.6) is 0 Å². The van der Waals surface area contributed by atoms with E-state index in [0.29, 0.717) is 12.1 Å². The Morgan fingerprint density at radius 1 is 1.16 bits per heavy atom. The lowest BCUT2D eigenvalue weighted by molar-refractivity contribution is 0.0853. The molecule has 0 aliphatic heterocycles. The summed E-state index contributed by atoms with van der Waals surface area (Å²) in [4.78, 5) is 12.5. The van der Waals surface area contributed by atoms with Gasteiger partial charge in [0.25, 0.3) is 5.91 Å². The smallest absolute Gasteiger partial charge is 0.272 e. The molecule has 0 spiro atoms. The minimum Gasteiger partial charge on any atom is -0.390 e. The van der Waals surface area contributed by atoms with E-state index in [0.717, 1.165) is 11.1 Å². The molecule has 0 unspecified atom stereocenters. The molecule has 1 amide bonds. The van der Waals surface area contributed by atoms with E-state index in [1.807, 2.05) is 24.3 Å². The Kier molecular flexibility index (Phi) is 3.82. The van der Waals surface area contributed by atoms with E-state index in [-0.39, 0.29) is 17.4 Å². The minimum absolute atomic E-state index is 0.237. The van der Waals surface area contributed by atoms with Gasteiger partial charge >= 0.3 is 0 Å². The van der Waals surface area contributed by atoms with E-state index >= 15 is 0 Å². The molecule has 126 valence electrons. The highest BCUT2D eigenvalue weighted by Gasteiger charge is 2.32. The predicted octanol–water partition coefficient (Wildman–Crippen LogP) is 2.40. The quantitative estimate of drug-likeness (QED) is 0.771. The van der Waals surface area contributed by atoms with Gasteiger partial charge in [-0.1, -0.05) is 24.3 Å². The standard InChI is InChI=1S/C19H16FN3O2/c20-13-5-7-14(8-6-13)23-10-9-16(22-23)19(25)21-18-15-4-2-1-3-12(15)11-17(18)24/h1-10,17-18,24H,11H2,(H,21,25)/t17-,18-/m0/s1. The number of aliphatic hydroxyl groups excluding tert-OH is 1. The lowest BCUT2D eigenvalue weighted by atomic mass is 10.1. The van der Waals surface area contributed by atoms with Crippen LogP contribution in [0.4, 0.5) is 4.39 Å². The van der Waals surface area contributed by atoms with Crippen molar-refractivity contribution in [2.24, 2.45) is 0 Å². The van der Waals surface area contributed by atoms with Gasteiger partial charge in [0, 0.05) is 12.6 Å². The van der Waals surface area contributed by atoms with Crippen molar-refractivity contribution in [2.75, 3.05) is 0 Å². The van der Waals surface area contributed by atoms with Crippen LogP contribution >= 0.6 is 0 Å². The van der Waals surface area contributed by atoms with Crippen LogP contribution in [0.15, 0.2) is 60.8 Å². The first kappa shape index (κ1) is 15.5.